The van der Waals surface area contributed by atoms with Gasteiger partial charge in [-0.15, -0.1) is 0 Å². The zero-order valence-electron chi connectivity index (χ0n) is 8.67. The molecule has 3 rings (SSSR count). The Morgan fingerprint density at radius 1 is 1.12 bits per heavy atom. The fourth-order valence-corrected chi connectivity index (χ4v) is 1.68. The van der Waals surface area contributed by atoms with Crippen LogP contribution in [0.2, 0.25) is 0 Å². The third kappa shape index (κ3) is 1.79. The molecule has 0 aliphatic heterocycles. The first kappa shape index (κ1) is 10.3. The van der Waals surface area contributed by atoms with E-state index in [1.165, 1.54) is 0 Å². The molecule has 0 radical (unpaired) electrons. The maximum atomic E-state index is 13.4. The Labute approximate surface area is 94.7 Å². The molecule has 0 bridgehead atoms. The van der Waals surface area contributed by atoms with Crippen LogP contribution in [0.15, 0.2) is 12.1 Å². The van der Waals surface area contributed by atoms with Crippen LogP contribution in [0.3, 0.4) is 0 Å². The number of hydrogen-bond donors (Lipinski definition) is 1. The third-order valence-corrected chi connectivity index (χ3v) is 2.70. The van der Waals surface area contributed by atoms with Gasteiger partial charge in [-0.25, -0.2) is 18.2 Å². The highest BCUT2D eigenvalue weighted by atomic mass is 19.1. The summed E-state index contributed by atoms with van der Waals surface area (Å²) < 4.78 is 39.6. The monoisotopic (exact) mass is 239 g/mol. The topological polar surface area (TPSA) is 41.6 Å². The van der Waals surface area contributed by atoms with Crippen LogP contribution in [0.25, 0.3) is 11.4 Å². The van der Waals surface area contributed by atoms with Crippen molar-refractivity contribution in [3.8, 4) is 11.4 Å². The van der Waals surface area contributed by atoms with Crippen molar-refractivity contribution in [1.82, 2.24) is 15.2 Å². The molecule has 0 saturated heterocycles. The molecule has 1 aliphatic carbocycles. The second-order valence-electron chi connectivity index (χ2n) is 4.06. The third-order valence-electron chi connectivity index (χ3n) is 2.70. The van der Waals surface area contributed by atoms with Crippen molar-refractivity contribution in [3.05, 3.63) is 35.4 Å². The molecule has 0 spiro atoms. The van der Waals surface area contributed by atoms with Gasteiger partial charge in [-0.2, -0.15) is 5.10 Å². The highest BCUT2D eigenvalue weighted by Gasteiger charge is 2.28. The predicted molar refractivity (Wildman–Crippen MR) is 53.7 cm³/mol. The lowest BCUT2D eigenvalue weighted by Gasteiger charge is -2.00. The molecule has 1 fully saturated rings. The van der Waals surface area contributed by atoms with E-state index in [1.807, 2.05) is 0 Å². The number of hydrogen-bond acceptors (Lipinski definition) is 2. The van der Waals surface area contributed by atoms with Gasteiger partial charge in [0.15, 0.2) is 5.82 Å². The minimum Gasteiger partial charge on any atom is -0.262 e. The molecule has 6 heteroatoms. The Hall–Kier alpha value is -1.85. The second-order valence-corrected chi connectivity index (χ2v) is 4.06. The van der Waals surface area contributed by atoms with Crippen LogP contribution in [0.4, 0.5) is 13.2 Å². The molecule has 1 N–H and O–H groups in total. The Morgan fingerprint density at radius 3 is 2.35 bits per heavy atom. The summed E-state index contributed by atoms with van der Waals surface area (Å²) in [6.45, 7) is 0. The van der Waals surface area contributed by atoms with Gasteiger partial charge in [0.25, 0.3) is 0 Å². The normalized spacial score (nSPS) is 15.2. The first-order valence-corrected chi connectivity index (χ1v) is 5.22. The Bertz CT molecular complexity index is 552. The molecule has 17 heavy (non-hydrogen) atoms. The number of rotatable bonds is 2. The van der Waals surface area contributed by atoms with Gasteiger partial charge in [0, 0.05) is 18.1 Å². The number of nitrogens with zero attached hydrogens (tertiary/aromatic N) is 2. The Kier molecular flexibility index (Phi) is 2.17. The molecular formula is C11H8F3N3. The summed E-state index contributed by atoms with van der Waals surface area (Å²) in [6.07, 6.45) is 2.01. The van der Waals surface area contributed by atoms with Gasteiger partial charge < -0.3 is 0 Å². The summed E-state index contributed by atoms with van der Waals surface area (Å²) in [5.41, 5.74) is -0.394. The number of benzene rings is 1. The van der Waals surface area contributed by atoms with Crippen LogP contribution >= 0.6 is 0 Å². The van der Waals surface area contributed by atoms with Gasteiger partial charge in [-0.05, 0) is 12.8 Å². The molecule has 88 valence electrons. The number of nitrogens with one attached hydrogen (secondary N) is 1. The molecule has 1 aliphatic rings. The predicted octanol–water partition coefficient (Wildman–Crippen LogP) is 2.77. The summed E-state index contributed by atoms with van der Waals surface area (Å²) in [7, 11) is 0. The van der Waals surface area contributed by atoms with E-state index < -0.39 is 23.0 Å². The van der Waals surface area contributed by atoms with Crippen LogP contribution in [0.1, 0.15) is 24.6 Å². The van der Waals surface area contributed by atoms with Gasteiger partial charge in [-0.1, -0.05) is 0 Å². The van der Waals surface area contributed by atoms with Crippen molar-refractivity contribution < 1.29 is 13.2 Å². The first-order valence-electron chi connectivity index (χ1n) is 5.22. The lowest BCUT2D eigenvalue weighted by molar-refractivity contribution is 0.546. The smallest absolute Gasteiger partial charge is 0.187 e. The lowest BCUT2D eigenvalue weighted by Crippen LogP contribution is -1.94. The lowest BCUT2D eigenvalue weighted by atomic mass is 10.2. The van der Waals surface area contributed by atoms with Crippen LogP contribution in [0.5, 0.6) is 0 Å². The molecule has 2 aromatic rings. The summed E-state index contributed by atoms with van der Waals surface area (Å²) in [5, 5.41) is 6.41. The van der Waals surface area contributed by atoms with Crippen LogP contribution in [-0.4, -0.2) is 15.2 Å². The van der Waals surface area contributed by atoms with E-state index in [-0.39, 0.29) is 5.82 Å². The van der Waals surface area contributed by atoms with Crippen LogP contribution in [0, 0.1) is 17.5 Å². The van der Waals surface area contributed by atoms with Crippen molar-refractivity contribution >= 4 is 0 Å². The molecule has 1 aromatic carbocycles. The summed E-state index contributed by atoms with van der Waals surface area (Å²) in [4.78, 5) is 4.02. The van der Waals surface area contributed by atoms with E-state index in [4.69, 9.17) is 0 Å². The molecule has 1 heterocycles. The average Bonchev–Trinajstić information content (AvgIpc) is 2.98. The molecule has 1 aromatic heterocycles. The van der Waals surface area contributed by atoms with E-state index in [1.54, 1.807) is 0 Å². The van der Waals surface area contributed by atoms with Gasteiger partial charge in [0.1, 0.15) is 23.3 Å². The molecule has 0 atom stereocenters. The molecule has 0 amide bonds. The van der Waals surface area contributed by atoms with Crippen LogP contribution < -0.4 is 0 Å². The van der Waals surface area contributed by atoms with Gasteiger partial charge >= 0.3 is 0 Å². The number of H-pyrrole nitrogens is 1. The minimum absolute atomic E-state index is 0.0677. The maximum Gasteiger partial charge on any atom is 0.187 e. The van der Waals surface area contributed by atoms with Gasteiger partial charge in [-0.3, -0.25) is 5.10 Å². The van der Waals surface area contributed by atoms with Gasteiger partial charge in [0.2, 0.25) is 0 Å². The zero-order chi connectivity index (χ0) is 12.0. The largest absolute Gasteiger partial charge is 0.262 e. The van der Waals surface area contributed by atoms with Crippen molar-refractivity contribution in [2.75, 3.05) is 0 Å². The second kappa shape index (κ2) is 3.58. The Balaban J connectivity index is 2.07. The molecule has 1 saturated carbocycles. The summed E-state index contributed by atoms with van der Waals surface area (Å²) in [6, 6.07) is 1.23. The van der Waals surface area contributed by atoms with Crippen molar-refractivity contribution in [2.24, 2.45) is 0 Å². The fourth-order valence-electron chi connectivity index (χ4n) is 1.68. The minimum atomic E-state index is -0.996. The Morgan fingerprint density at radius 2 is 1.76 bits per heavy atom. The van der Waals surface area contributed by atoms with Crippen molar-refractivity contribution in [3.63, 3.8) is 0 Å². The molecular weight excluding hydrogens is 231 g/mol. The number of aromatic amines is 1. The quantitative estimate of drug-likeness (QED) is 0.875. The summed E-state index contributed by atoms with van der Waals surface area (Å²) >= 11 is 0. The van der Waals surface area contributed by atoms with E-state index in [0.717, 1.165) is 12.8 Å². The van der Waals surface area contributed by atoms with Crippen LogP contribution in [-0.2, 0) is 0 Å². The van der Waals surface area contributed by atoms with E-state index in [9.17, 15) is 13.2 Å². The summed E-state index contributed by atoms with van der Waals surface area (Å²) in [5.74, 6) is -2.08. The highest BCUT2D eigenvalue weighted by Crippen LogP contribution is 2.38. The highest BCUT2D eigenvalue weighted by molar-refractivity contribution is 5.56. The SMILES string of the molecule is Fc1cc(F)c(-c2n[nH]c(C3CC3)n2)c(F)c1. The van der Waals surface area contributed by atoms with Gasteiger partial charge in [0.05, 0.1) is 5.56 Å². The fraction of sp³-hybridized carbons (Fsp3) is 0.273. The molecule has 0 unspecified atom stereocenters. The number of halogens is 3. The average molecular weight is 239 g/mol. The van der Waals surface area contributed by atoms with E-state index in [0.29, 0.717) is 23.9 Å². The first-order chi connectivity index (χ1) is 8.15. The maximum absolute atomic E-state index is 13.4. The standard InChI is InChI=1S/C11H8F3N3/c12-6-3-7(13)9(8(14)4-6)11-15-10(16-17-11)5-1-2-5/h3-5H,1-2H2,(H,15,16,17). The number of aromatic nitrogens is 3. The van der Waals surface area contributed by atoms with Crippen molar-refractivity contribution in [1.29, 1.82) is 0 Å². The van der Waals surface area contributed by atoms with Crippen molar-refractivity contribution in [2.45, 2.75) is 18.8 Å². The van der Waals surface area contributed by atoms with E-state index in [2.05, 4.69) is 15.2 Å². The van der Waals surface area contributed by atoms with E-state index >= 15 is 0 Å². The molecule has 3 nitrogen and oxygen atoms in total. The zero-order valence-corrected chi connectivity index (χ0v) is 8.67.